The Hall–Kier alpha value is -0.640. The molecule has 0 N–H and O–H groups in total. The van der Waals surface area contributed by atoms with Gasteiger partial charge in [-0.25, -0.2) is 9.97 Å². The van der Waals surface area contributed by atoms with Gasteiger partial charge >= 0.3 is 0 Å². The minimum atomic E-state index is 0.394. The summed E-state index contributed by atoms with van der Waals surface area (Å²) in [5.41, 5.74) is 0. The molecule has 0 amide bonds. The monoisotopic (exact) mass is 214 g/mol. The lowest BCUT2D eigenvalue weighted by Crippen LogP contribution is -1.98. The van der Waals surface area contributed by atoms with E-state index in [0.29, 0.717) is 12.0 Å². The van der Waals surface area contributed by atoms with Gasteiger partial charge in [-0.1, -0.05) is 0 Å². The highest BCUT2D eigenvalue weighted by Crippen LogP contribution is 2.25. The molecule has 1 aromatic rings. The Morgan fingerprint density at radius 3 is 2.73 bits per heavy atom. The summed E-state index contributed by atoms with van der Waals surface area (Å²) < 4.78 is 6.12. The first kappa shape index (κ1) is 7.03. The normalized spacial score (nSPS) is 16.5. The molecule has 0 unspecified atom stereocenters. The topological polar surface area (TPSA) is 35.0 Å². The molecule has 1 saturated carbocycles. The Morgan fingerprint density at radius 2 is 2.18 bits per heavy atom. The van der Waals surface area contributed by atoms with E-state index in [0.717, 1.165) is 17.4 Å². The predicted octanol–water partition coefficient (Wildman–Crippen LogP) is 1.78. The molecule has 11 heavy (non-hydrogen) atoms. The van der Waals surface area contributed by atoms with Crippen molar-refractivity contribution < 1.29 is 4.74 Å². The van der Waals surface area contributed by atoms with E-state index >= 15 is 0 Å². The predicted molar refractivity (Wildman–Crippen MR) is 43.4 cm³/mol. The number of halogens is 1. The van der Waals surface area contributed by atoms with Crippen LogP contribution in [0, 0.1) is 0 Å². The van der Waals surface area contributed by atoms with Crippen LogP contribution in [-0.2, 0) is 0 Å². The zero-order valence-electron chi connectivity index (χ0n) is 5.83. The molecule has 0 radical (unpaired) electrons. The van der Waals surface area contributed by atoms with Crippen LogP contribution in [0.5, 0.6) is 5.88 Å². The molecular weight excluding hydrogens is 208 g/mol. The molecule has 2 rings (SSSR count). The Bertz CT molecular complexity index is 245. The van der Waals surface area contributed by atoms with Gasteiger partial charge in [0.2, 0.25) is 5.88 Å². The van der Waals surface area contributed by atoms with Crippen molar-refractivity contribution >= 4 is 15.9 Å². The third kappa shape index (κ3) is 1.89. The highest BCUT2D eigenvalue weighted by Gasteiger charge is 2.23. The highest BCUT2D eigenvalue weighted by molar-refractivity contribution is 9.10. The minimum Gasteiger partial charge on any atom is -0.473 e. The second kappa shape index (κ2) is 2.77. The molecule has 3 nitrogen and oxygen atoms in total. The smallest absolute Gasteiger partial charge is 0.232 e. The van der Waals surface area contributed by atoms with Crippen LogP contribution < -0.4 is 4.74 Å². The van der Waals surface area contributed by atoms with Gasteiger partial charge in [0.25, 0.3) is 0 Å². The van der Waals surface area contributed by atoms with Crippen LogP contribution in [0.4, 0.5) is 0 Å². The summed E-state index contributed by atoms with van der Waals surface area (Å²) in [6.07, 6.45) is 5.96. The fourth-order valence-corrected chi connectivity index (χ4v) is 0.923. The standard InChI is InChI=1S/C7H7BrN2O/c8-6-3-10-7(4-9-6)11-5-1-2-5/h3-5H,1-2H2. The van der Waals surface area contributed by atoms with Gasteiger partial charge in [-0.2, -0.15) is 0 Å². The first-order valence-electron chi connectivity index (χ1n) is 3.49. The van der Waals surface area contributed by atoms with E-state index in [1.807, 2.05) is 0 Å². The number of hydrogen-bond acceptors (Lipinski definition) is 3. The second-order valence-corrected chi connectivity index (χ2v) is 3.31. The van der Waals surface area contributed by atoms with Crippen LogP contribution >= 0.6 is 15.9 Å². The summed E-state index contributed by atoms with van der Waals surface area (Å²) in [6.45, 7) is 0. The summed E-state index contributed by atoms with van der Waals surface area (Å²) in [7, 11) is 0. The van der Waals surface area contributed by atoms with Crippen molar-refractivity contribution in [1.29, 1.82) is 0 Å². The number of rotatable bonds is 2. The summed E-state index contributed by atoms with van der Waals surface area (Å²) in [5.74, 6) is 0.621. The zero-order valence-corrected chi connectivity index (χ0v) is 7.41. The first-order chi connectivity index (χ1) is 5.34. The van der Waals surface area contributed by atoms with E-state index in [1.54, 1.807) is 12.4 Å². The van der Waals surface area contributed by atoms with Crippen LogP contribution in [0.1, 0.15) is 12.8 Å². The maximum absolute atomic E-state index is 5.39. The van der Waals surface area contributed by atoms with Crippen molar-refractivity contribution in [2.45, 2.75) is 18.9 Å². The number of nitrogens with zero attached hydrogens (tertiary/aromatic N) is 2. The Morgan fingerprint density at radius 1 is 1.36 bits per heavy atom. The lowest BCUT2D eigenvalue weighted by molar-refractivity contribution is 0.289. The molecule has 1 heterocycles. The lowest BCUT2D eigenvalue weighted by atomic mass is 10.7. The molecule has 4 heteroatoms. The van der Waals surface area contributed by atoms with Crippen LogP contribution in [0.15, 0.2) is 17.0 Å². The van der Waals surface area contributed by atoms with E-state index < -0.39 is 0 Å². The van der Waals surface area contributed by atoms with E-state index in [-0.39, 0.29) is 0 Å². The first-order valence-corrected chi connectivity index (χ1v) is 4.28. The maximum Gasteiger partial charge on any atom is 0.232 e. The van der Waals surface area contributed by atoms with Gasteiger partial charge in [0.1, 0.15) is 10.7 Å². The third-order valence-electron chi connectivity index (χ3n) is 1.41. The van der Waals surface area contributed by atoms with E-state index in [1.165, 1.54) is 0 Å². The van der Waals surface area contributed by atoms with Gasteiger partial charge in [0, 0.05) is 0 Å². The Kier molecular flexibility index (Phi) is 1.77. The van der Waals surface area contributed by atoms with Crippen molar-refractivity contribution in [3.05, 3.63) is 17.0 Å². The largest absolute Gasteiger partial charge is 0.473 e. The van der Waals surface area contributed by atoms with Crippen molar-refractivity contribution in [1.82, 2.24) is 9.97 Å². The molecule has 0 aliphatic heterocycles. The fraction of sp³-hybridized carbons (Fsp3) is 0.429. The summed E-state index contributed by atoms with van der Waals surface area (Å²) >= 11 is 3.20. The summed E-state index contributed by atoms with van der Waals surface area (Å²) in [6, 6.07) is 0. The van der Waals surface area contributed by atoms with Crippen LogP contribution in [0.2, 0.25) is 0 Å². The average Bonchev–Trinajstić information content (AvgIpc) is 2.78. The quantitative estimate of drug-likeness (QED) is 0.754. The Balaban J connectivity index is 2.06. The molecule has 1 fully saturated rings. The van der Waals surface area contributed by atoms with Crippen molar-refractivity contribution in [2.24, 2.45) is 0 Å². The SMILES string of the molecule is Brc1cnc(OC2CC2)cn1. The van der Waals surface area contributed by atoms with E-state index in [2.05, 4.69) is 25.9 Å². The molecule has 0 bridgehead atoms. The molecule has 0 saturated heterocycles. The minimum absolute atomic E-state index is 0.394. The third-order valence-corrected chi connectivity index (χ3v) is 1.82. The van der Waals surface area contributed by atoms with Crippen LogP contribution in [-0.4, -0.2) is 16.1 Å². The van der Waals surface area contributed by atoms with Crippen molar-refractivity contribution in [2.75, 3.05) is 0 Å². The number of hydrogen-bond donors (Lipinski definition) is 0. The van der Waals surface area contributed by atoms with Gasteiger partial charge in [0.15, 0.2) is 0 Å². The second-order valence-electron chi connectivity index (χ2n) is 2.49. The summed E-state index contributed by atoms with van der Waals surface area (Å²) in [4.78, 5) is 8.02. The number of aromatic nitrogens is 2. The zero-order chi connectivity index (χ0) is 7.68. The molecular formula is C7H7BrN2O. The van der Waals surface area contributed by atoms with Gasteiger partial charge < -0.3 is 4.74 Å². The number of ether oxygens (including phenoxy) is 1. The van der Waals surface area contributed by atoms with E-state index in [9.17, 15) is 0 Å². The lowest BCUT2D eigenvalue weighted by Gasteiger charge is -2.00. The molecule has 1 aliphatic rings. The molecule has 58 valence electrons. The fourth-order valence-electron chi connectivity index (χ4n) is 0.718. The van der Waals surface area contributed by atoms with Crippen molar-refractivity contribution in [3.8, 4) is 5.88 Å². The molecule has 0 aromatic carbocycles. The average molecular weight is 215 g/mol. The highest BCUT2D eigenvalue weighted by atomic mass is 79.9. The summed E-state index contributed by atoms with van der Waals surface area (Å²) in [5, 5.41) is 0. The molecule has 0 spiro atoms. The van der Waals surface area contributed by atoms with Gasteiger partial charge in [0.05, 0.1) is 12.4 Å². The van der Waals surface area contributed by atoms with Crippen molar-refractivity contribution in [3.63, 3.8) is 0 Å². The molecule has 1 aliphatic carbocycles. The Labute approximate surface area is 72.9 Å². The maximum atomic E-state index is 5.39. The molecule has 0 atom stereocenters. The van der Waals surface area contributed by atoms with Crippen LogP contribution in [0.3, 0.4) is 0 Å². The van der Waals surface area contributed by atoms with Crippen LogP contribution in [0.25, 0.3) is 0 Å². The molecule has 1 aromatic heterocycles. The van der Waals surface area contributed by atoms with E-state index in [4.69, 9.17) is 4.74 Å². The van der Waals surface area contributed by atoms with Gasteiger partial charge in [-0.05, 0) is 28.8 Å². The van der Waals surface area contributed by atoms with Gasteiger partial charge in [-0.15, -0.1) is 0 Å². The van der Waals surface area contributed by atoms with Gasteiger partial charge in [-0.3, -0.25) is 0 Å².